The number of ether oxygens (including phenoxy) is 2. The second kappa shape index (κ2) is 9.03. The maximum absolute atomic E-state index is 8.78. The van der Waals surface area contributed by atoms with Crippen LogP contribution >= 0.6 is 12.4 Å². The van der Waals surface area contributed by atoms with Gasteiger partial charge in [-0.25, -0.2) is 0 Å². The molecule has 0 amide bonds. The van der Waals surface area contributed by atoms with Gasteiger partial charge in [0.05, 0.1) is 13.7 Å². The first-order chi connectivity index (χ1) is 8.22. The van der Waals surface area contributed by atoms with E-state index in [1.165, 1.54) is 0 Å². The van der Waals surface area contributed by atoms with E-state index in [-0.39, 0.29) is 25.1 Å². The Balaban J connectivity index is 0.00000289. The second-order valence-electron chi connectivity index (χ2n) is 3.82. The van der Waals surface area contributed by atoms with E-state index in [0.717, 1.165) is 12.0 Å². The van der Waals surface area contributed by atoms with Crippen molar-refractivity contribution in [3.8, 4) is 11.5 Å². The summed E-state index contributed by atoms with van der Waals surface area (Å²) < 4.78 is 10.7. The molecule has 0 radical (unpaired) electrons. The molecule has 0 spiro atoms. The fraction of sp³-hybridized carbons (Fsp3) is 0.538. The number of hydrogen-bond acceptors (Lipinski definition) is 4. The van der Waals surface area contributed by atoms with E-state index in [1.54, 1.807) is 7.11 Å². The van der Waals surface area contributed by atoms with Gasteiger partial charge < -0.3 is 20.3 Å². The van der Waals surface area contributed by atoms with Gasteiger partial charge in [0.25, 0.3) is 0 Å². The standard InChI is InChI=1S/C13H21NO3.ClH/c1-3-17-13-9-10(6-7-12(13)16-2)11(14)5-4-8-15;/h6-7,9,11,15H,3-5,8,14H2,1-2H3;1H/t11-;/m1./s1. The molecule has 3 N–H and O–H groups in total. The molecule has 0 fully saturated rings. The van der Waals surface area contributed by atoms with Gasteiger partial charge in [-0.1, -0.05) is 6.07 Å². The number of halogens is 1. The summed E-state index contributed by atoms with van der Waals surface area (Å²) in [6, 6.07) is 5.62. The third-order valence-electron chi connectivity index (χ3n) is 2.59. The van der Waals surface area contributed by atoms with Crippen molar-refractivity contribution >= 4 is 12.4 Å². The van der Waals surface area contributed by atoms with Crippen LogP contribution in [0.25, 0.3) is 0 Å². The molecule has 18 heavy (non-hydrogen) atoms. The average Bonchev–Trinajstić information content (AvgIpc) is 2.36. The molecule has 0 aliphatic heterocycles. The Bertz CT molecular complexity index is 347. The highest BCUT2D eigenvalue weighted by molar-refractivity contribution is 5.85. The zero-order valence-corrected chi connectivity index (χ0v) is 11.7. The van der Waals surface area contributed by atoms with Crippen molar-refractivity contribution < 1.29 is 14.6 Å². The van der Waals surface area contributed by atoms with Crippen molar-refractivity contribution in [3.05, 3.63) is 23.8 Å². The first kappa shape index (κ1) is 17.0. The molecule has 1 aromatic carbocycles. The monoisotopic (exact) mass is 275 g/mol. The van der Waals surface area contributed by atoms with Crippen LogP contribution in [0.3, 0.4) is 0 Å². The molecular formula is C13H22ClNO3. The lowest BCUT2D eigenvalue weighted by molar-refractivity contribution is 0.279. The van der Waals surface area contributed by atoms with Crippen LogP contribution in [0, 0.1) is 0 Å². The van der Waals surface area contributed by atoms with Crippen LogP contribution in [0.15, 0.2) is 18.2 Å². The summed E-state index contributed by atoms with van der Waals surface area (Å²) in [5, 5.41) is 8.78. The Morgan fingerprint density at radius 1 is 1.33 bits per heavy atom. The first-order valence-electron chi connectivity index (χ1n) is 5.90. The quantitative estimate of drug-likeness (QED) is 0.801. The van der Waals surface area contributed by atoms with Crippen molar-refractivity contribution in [1.29, 1.82) is 0 Å². The van der Waals surface area contributed by atoms with Crippen LogP contribution in [-0.4, -0.2) is 25.4 Å². The fourth-order valence-corrected chi connectivity index (χ4v) is 1.67. The van der Waals surface area contributed by atoms with Gasteiger partial charge in [-0.3, -0.25) is 0 Å². The molecule has 0 aliphatic rings. The first-order valence-corrected chi connectivity index (χ1v) is 5.90. The predicted octanol–water partition coefficient (Wildman–Crippen LogP) is 2.29. The van der Waals surface area contributed by atoms with Crippen molar-refractivity contribution in [2.75, 3.05) is 20.3 Å². The summed E-state index contributed by atoms with van der Waals surface area (Å²) in [5.41, 5.74) is 7.03. The maximum atomic E-state index is 8.78. The molecule has 104 valence electrons. The lowest BCUT2D eigenvalue weighted by Crippen LogP contribution is -2.11. The number of benzene rings is 1. The topological polar surface area (TPSA) is 64.7 Å². The van der Waals surface area contributed by atoms with Crippen molar-refractivity contribution in [1.82, 2.24) is 0 Å². The smallest absolute Gasteiger partial charge is 0.161 e. The molecule has 5 heteroatoms. The number of hydrogen-bond donors (Lipinski definition) is 2. The van der Waals surface area contributed by atoms with E-state index in [0.29, 0.717) is 24.5 Å². The van der Waals surface area contributed by atoms with Crippen LogP contribution in [0.4, 0.5) is 0 Å². The van der Waals surface area contributed by atoms with E-state index < -0.39 is 0 Å². The fourth-order valence-electron chi connectivity index (χ4n) is 1.67. The van der Waals surface area contributed by atoms with E-state index in [1.807, 2.05) is 25.1 Å². The van der Waals surface area contributed by atoms with Gasteiger partial charge in [0, 0.05) is 12.6 Å². The number of aliphatic hydroxyl groups excluding tert-OH is 1. The Kier molecular flexibility index (Phi) is 8.54. The number of methoxy groups -OCH3 is 1. The highest BCUT2D eigenvalue weighted by Crippen LogP contribution is 2.30. The van der Waals surface area contributed by atoms with E-state index >= 15 is 0 Å². The number of rotatable bonds is 7. The van der Waals surface area contributed by atoms with Crippen LogP contribution < -0.4 is 15.2 Å². The summed E-state index contributed by atoms with van der Waals surface area (Å²) in [7, 11) is 1.61. The van der Waals surface area contributed by atoms with Gasteiger partial charge in [0.2, 0.25) is 0 Å². The minimum atomic E-state index is -0.0766. The summed E-state index contributed by atoms with van der Waals surface area (Å²) in [5.74, 6) is 1.43. The third-order valence-corrected chi connectivity index (χ3v) is 2.59. The van der Waals surface area contributed by atoms with Gasteiger partial charge in [-0.2, -0.15) is 0 Å². The minimum absolute atomic E-state index is 0. The van der Waals surface area contributed by atoms with Gasteiger partial charge in [0.1, 0.15) is 0 Å². The minimum Gasteiger partial charge on any atom is -0.493 e. The van der Waals surface area contributed by atoms with Gasteiger partial charge >= 0.3 is 0 Å². The molecule has 4 nitrogen and oxygen atoms in total. The Labute approximate surface area is 115 Å². The lowest BCUT2D eigenvalue weighted by atomic mass is 10.0. The summed E-state index contributed by atoms with van der Waals surface area (Å²) in [6.45, 7) is 2.69. The largest absolute Gasteiger partial charge is 0.493 e. The van der Waals surface area contributed by atoms with Crippen LogP contribution in [-0.2, 0) is 0 Å². The van der Waals surface area contributed by atoms with E-state index in [4.69, 9.17) is 20.3 Å². The highest BCUT2D eigenvalue weighted by Gasteiger charge is 2.10. The van der Waals surface area contributed by atoms with E-state index in [2.05, 4.69) is 0 Å². The SMILES string of the molecule is CCOc1cc([C@H](N)CCCO)ccc1OC.Cl. The predicted molar refractivity (Wildman–Crippen MR) is 74.7 cm³/mol. The van der Waals surface area contributed by atoms with Crippen molar-refractivity contribution in [2.45, 2.75) is 25.8 Å². The second-order valence-corrected chi connectivity index (χ2v) is 3.82. The van der Waals surface area contributed by atoms with Crippen LogP contribution in [0.5, 0.6) is 11.5 Å². The molecule has 0 saturated carbocycles. The van der Waals surface area contributed by atoms with E-state index in [9.17, 15) is 0 Å². The van der Waals surface area contributed by atoms with Crippen LogP contribution in [0.2, 0.25) is 0 Å². The molecule has 1 rings (SSSR count). The highest BCUT2D eigenvalue weighted by atomic mass is 35.5. The van der Waals surface area contributed by atoms with Crippen molar-refractivity contribution in [3.63, 3.8) is 0 Å². The zero-order valence-electron chi connectivity index (χ0n) is 10.9. The molecule has 0 saturated heterocycles. The van der Waals surface area contributed by atoms with Gasteiger partial charge in [-0.15, -0.1) is 12.4 Å². The number of aliphatic hydroxyl groups is 1. The Morgan fingerprint density at radius 3 is 2.61 bits per heavy atom. The Morgan fingerprint density at radius 2 is 2.06 bits per heavy atom. The molecule has 0 bridgehead atoms. The molecular weight excluding hydrogens is 254 g/mol. The van der Waals surface area contributed by atoms with Crippen molar-refractivity contribution in [2.24, 2.45) is 5.73 Å². The molecule has 0 unspecified atom stereocenters. The molecule has 0 aromatic heterocycles. The summed E-state index contributed by atoms with van der Waals surface area (Å²) in [4.78, 5) is 0. The Hall–Kier alpha value is -0.970. The normalized spacial score (nSPS) is 11.6. The van der Waals surface area contributed by atoms with Gasteiger partial charge in [-0.05, 0) is 37.5 Å². The summed E-state index contributed by atoms with van der Waals surface area (Å²) >= 11 is 0. The van der Waals surface area contributed by atoms with Crippen LogP contribution in [0.1, 0.15) is 31.4 Å². The molecule has 1 atom stereocenters. The summed E-state index contributed by atoms with van der Waals surface area (Å²) in [6.07, 6.45) is 1.46. The zero-order chi connectivity index (χ0) is 12.7. The molecule has 0 aliphatic carbocycles. The molecule has 1 aromatic rings. The number of nitrogens with two attached hydrogens (primary N) is 1. The lowest BCUT2D eigenvalue weighted by Gasteiger charge is -2.15. The third kappa shape index (κ3) is 4.72. The maximum Gasteiger partial charge on any atom is 0.161 e. The molecule has 0 heterocycles. The average molecular weight is 276 g/mol. The van der Waals surface area contributed by atoms with Gasteiger partial charge in [0.15, 0.2) is 11.5 Å².